The van der Waals surface area contributed by atoms with Gasteiger partial charge in [0.15, 0.2) is 0 Å². The first-order chi connectivity index (χ1) is 12.5. The third kappa shape index (κ3) is 3.86. The summed E-state index contributed by atoms with van der Waals surface area (Å²) in [5.74, 6) is 1.77. The maximum Gasteiger partial charge on any atom is 0.224 e. The molecule has 7 nitrogen and oxygen atoms in total. The molecule has 3 rings (SSSR count). The Morgan fingerprint density at radius 1 is 1.27 bits per heavy atom. The molecule has 2 unspecified atom stereocenters. The van der Waals surface area contributed by atoms with Gasteiger partial charge in [0.25, 0.3) is 0 Å². The molecule has 3 N–H and O–H groups in total. The first-order valence-electron chi connectivity index (χ1n) is 8.89. The van der Waals surface area contributed by atoms with Gasteiger partial charge in [-0.3, -0.25) is 4.99 Å². The van der Waals surface area contributed by atoms with Gasteiger partial charge in [-0.25, -0.2) is 9.97 Å². The Hall–Kier alpha value is -2.06. The van der Waals surface area contributed by atoms with Crippen LogP contribution in [0.1, 0.15) is 35.5 Å². The Labute approximate surface area is 158 Å². The quantitative estimate of drug-likeness (QED) is 0.673. The smallest absolute Gasteiger partial charge is 0.224 e. The zero-order valence-electron chi connectivity index (χ0n) is 15.7. The minimum absolute atomic E-state index is 0.251. The first kappa shape index (κ1) is 18.7. The van der Waals surface area contributed by atoms with E-state index in [0.717, 1.165) is 51.9 Å². The SMILES string of the molecule is CN=Cc1nc(-c2c(C)nc(NC)nc2NC2CCC(CO)C2)sc1C. The molecule has 0 radical (unpaired) electrons. The number of aliphatic imine (C=N–C) groups is 1. The molecule has 1 fully saturated rings. The van der Waals surface area contributed by atoms with Crippen molar-refractivity contribution in [2.24, 2.45) is 10.9 Å². The number of aliphatic hydroxyl groups excluding tert-OH is 1. The number of hydrogen-bond donors (Lipinski definition) is 3. The van der Waals surface area contributed by atoms with Crippen molar-refractivity contribution in [1.29, 1.82) is 0 Å². The summed E-state index contributed by atoms with van der Waals surface area (Å²) in [5, 5.41) is 16.9. The fourth-order valence-corrected chi connectivity index (χ4v) is 4.35. The molecule has 2 atom stereocenters. The summed E-state index contributed by atoms with van der Waals surface area (Å²) < 4.78 is 0. The van der Waals surface area contributed by atoms with E-state index in [1.807, 2.05) is 20.9 Å². The van der Waals surface area contributed by atoms with Gasteiger partial charge in [-0.15, -0.1) is 11.3 Å². The molecule has 140 valence electrons. The number of aromatic nitrogens is 3. The van der Waals surface area contributed by atoms with E-state index in [1.54, 1.807) is 24.6 Å². The number of rotatable bonds is 6. The van der Waals surface area contributed by atoms with Crippen LogP contribution in [0.4, 0.5) is 11.8 Å². The Balaban J connectivity index is 1.99. The average molecular weight is 375 g/mol. The number of anilines is 2. The minimum atomic E-state index is 0.251. The van der Waals surface area contributed by atoms with Gasteiger partial charge in [0.2, 0.25) is 5.95 Å². The molecule has 0 aromatic carbocycles. The summed E-state index contributed by atoms with van der Waals surface area (Å²) in [6, 6.07) is 0.308. The number of thiazole rings is 1. The summed E-state index contributed by atoms with van der Waals surface area (Å²) in [6.07, 6.45) is 4.81. The van der Waals surface area contributed by atoms with E-state index in [9.17, 15) is 5.11 Å². The second-order valence-electron chi connectivity index (χ2n) is 6.66. The van der Waals surface area contributed by atoms with Crippen LogP contribution in [0.2, 0.25) is 0 Å². The molecule has 0 aliphatic heterocycles. The molecular formula is C18H26N6OS. The molecule has 1 aliphatic carbocycles. The van der Waals surface area contributed by atoms with Crippen LogP contribution in [-0.2, 0) is 0 Å². The molecule has 26 heavy (non-hydrogen) atoms. The van der Waals surface area contributed by atoms with Crippen LogP contribution in [0.3, 0.4) is 0 Å². The van der Waals surface area contributed by atoms with Gasteiger partial charge in [0, 0.05) is 37.8 Å². The van der Waals surface area contributed by atoms with E-state index in [4.69, 9.17) is 4.98 Å². The predicted octanol–water partition coefficient (Wildman–Crippen LogP) is 2.88. The van der Waals surface area contributed by atoms with Crippen molar-refractivity contribution in [1.82, 2.24) is 15.0 Å². The fourth-order valence-electron chi connectivity index (χ4n) is 3.37. The third-order valence-electron chi connectivity index (χ3n) is 4.75. The second kappa shape index (κ2) is 8.09. The topological polar surface area (TPSA) is 95.3 Å². The number of nitrogens with zero attached hydrogens (tertiary/aromatic N) is 4. The van der Waals surface area contributed by atoms with Crippen molar-refractivity contribution in [3.8, 4) is 10.6 Å². The van der Waals surface area contributed by atoms with Gasteiger partial charge in [-0.2, -0.15) is 4.98 Å². The van der Waals surface area contributed by atoms with Crippen LogP contribution in [0, 0.1) is 19.8 Å². The average Bonchev–Trinajstić information content (AvgIpc) is 3.21. The molecule has 8 heteroatoms. The van der Waals surface area contributed by atoms with Gasteiger partial charge in [0.1, 0.15) is 10.8 Å². The third-order valence-corrected chi connectivity index (χ3v) is 5.76. The Morgan fingerprint density at radius 2 is 2.08 bits per heavy atom. The lowest BCUT2D eigenvalue weighted by Gasteiger charge is -2.18. The lowest BCUT2D eigenvalue weighted by molar-refractivity contribution is 0.229. The lowest BCUT2D eigenvalue weighted by atomic mass is 10.1. The van der Waals surface area contributed by atoms with Gasteiger partial charge >= 0.3 is 0 Å². The van der Waals surface area contributed by atoms with Crippen molar-refractivity contribution in [3.63, 3.8) is 0 Å². The van der Waals surface area contributed by atoms with E-state index in [-0.39, 0.29) is 6.61 Å². The Bertz CT molecular complexity index is 803. The fraction of sp³-hybridized carbons (Fsp3) is 0.556. The van der Waals surface area contributed by atoms with Crippen molar-refractivity contribution < 1.29 is 5.11 Å². The highest BCUT2D eigenvalue weighted by Crippen LogP contribution is 2.36. The molecule has 1 saturated carbocycles. The van der Waals surface area contributed by atoms with E-state index >= 15 is 0 Å². The monoisotopic (exact) mass is 374 g/mol. The Morgan fingerprint density at radius 3 is 2.73 bits per heavy atom. The maximum atomic E-state index is 9.41. The van der Waals surface area contributed by atoms with Gasteiger partial charge in [-0.1, -0.05) is 0 Å². The number of nitrogens with one attached hydrogen (secondary N) is 2. The largest absolute Gasteiger partial charge is 0.396 e. The molecule has 0 saturated heterocycles. The van der Waals surface area contributed by atoms with Crippen LogP contribution >= 0.6 is 11.3 Å². The predicted molar refractivity (Wildman–Crippen MR) is 108 cm³/mol. The van der Waals surface area contributed by atoms with E-state index < -0.39 is 0 Å². The van der Waals surface area contributed by atoms with Crippen LogP contribution < -0.4 is 10.6 Å². The molecule has 0 amide bonds. The summed E-state index contributed by atoms with van der Waals surface area (Å²) >= 11 is 1.63. The van der Waals surface area contributed by atoms with Crippen molar-refractivity contribution in [2.75, 3.05) is 31.3 Å². The number of aryl methyl sites for hydroxylation is 2. The highest BCUT2D eigenvalue weighted by molar-refractivity contribution is 7.15. The van der Waals surface area contributed by atoms with Gasteiger partial charge < -0.3 is 15.7 Å². The van der Waals surface area contributed by atoms with Gasteiger partial charge in [0.05, 0.1) is 17.0 Å². The van der Waals surface area contributed by atoms with Crippen LogP contribution in [0.5, 0.6) is 0 Å². The van der Waals surface area contributed by atoms with E-state index in [1.165, 1.54) is 0 Å². The zero-order chi connectivity index (χ0) is 18.7. The molecule has 0 spiro atoms. The number of aliphatic hydroxyl groups is 1. The molecule has 0 bridgehead atoms. The van der Waals surface area contributed by atoms with Crippen molar-refractivity contribution in [2.45, 2.75) is 39.2 Å². The molecule has 2 heterocycles. The second-order valence-corrected chi connectivity index (χ2v) is 7.86. The first-order valence-corrected chi connectivity index (χ1v) is 9.71. The number of hydrogen-bond acceptors (Lipinski definition) is 8. The zero-order valence-corrected chi connectivity index (χ0v) is 16.5. The Kier molecular flexibility index (Phi) is 5.83. The molecule has 1 aliphatic rings. The highest BCUT2D eigenvalue weighted by Gasteiger charge is 2.26. The van der Waals surface area contributed by atoms with Crippen LogP contribution in [-0.4, -0.2) is 53.0 Å². The van der Waals surface area contributed by atoms with Gasteiger partial charge in [-0.05, 0) is 39.0 Å². The summed E-state index contributed by atoms with van der Waals surface area (Å²) in [6.45, 7) is 4.28. The summed E-state index contributed by atoms with van der Waals surface area (Å²) in [5.41, 5.74) is 2.72. The van der Waals surface area contributed by atoms with Crippen molar-refractivity contribution >= 4 is 29.3 Å². The molecule has 2 aromatic heterocycles. The molecular weight excluding hydrogens is 348 g/mol. The maximum absolute atomic E-state index is 9.41. The van der Waals surface area contributed by atoms with Crippen LogP contribution in [0.25, 0.3) is 10.6 Å². The minimum Gasteiger partial charge on any atom is -0.396 e. The van der Waals surface area contributed by atoms with Crippen LogP contribution in [0.15, 0.2) is 4.99 Å². The lowest BCUT2D eigenvalue weighted by Crippen LogP contribution is -2.19. The van der Waals surface area contributed by atoms with E-state index in [2.05, 4.69) is 25.6 Å². The van der Waals surface area contributed by atoms with E-state index in [0.29, 0.717) is 17.9 Å². The van der Waals surface area contributed by atoms with Crippen molar-refractivity contribution in [3.05, 3.63) is 16.3 Å². The normalized spacial score (nSPS) is 20.0. The molecule has 2 aromatic rings. The summed E-state index contributed by atoms with van der Waals surface area (Å²) in [4.78, 5) is 19.2. The summed E-state index contributed by atoms with van der Waals surface area (Å²) in [7, 11) is 3.57. The highest BCUT2D eigenvalue weighted by atomic mass is 32.1. The standard InChI is InChI=1S/C18H26N6OS/c1-10-15(17-23-14(8-19-3)11(2)26-17)16(24-18(20-4)21-10)22-13-6-5-12(7-13)9-25/h8,12-13,25H,5-7,9H2,1-4H3,(H2,20,21,22,24).